The van der Waals surface area contributed by atoms with Crippen LogP contribution in [0.1, 0.15) is 38.5 Å². The molecule has 4 heterocycles. The number of nitrogens with one attached hydrogen (secondary N) is 1. The molecule has 0 radical (unpaired) electrons. The first-order chi connectivity index (χ1) is 35.2. The van der Waals surface area contributed by atoms with Crippen molar-refractivity contribution in [3.8, 4) is 0 Å². The molecule has 4 rings (SSSR count). The Kier molecular flexibility index (Phi) is 27.4. The molecule has 31 heteroatoms. The highest BCUT2D eigenvalue weighted by atomic mass is 16.7. The van der Waals surface area contributed by atoms with Crippen molar-refractivity contribution in [1.82, 2.24) is 15.1 Å². The molecule has 0 unspecified atom stereocenters. The van der Waals surface area contributed by atoms with Crippen LogP contribution in [0.4, 0.5) is 0 Å². The van der Waals surface area contributed by atoms with Gasteiger partial charge in [-0.15, -0.1) is 0 Å². The van der Waals surface area contributed by atoms with Gasteiger partial charge >= 0.3 is 0 Å². The van der Waals surface area contributed by atoms with Gasteiger partial charge in [-0.2, -0.15) is 0 Å². The molecular weight excluding hydrogens is 1000 g/mol. The van der Waals surface area contributed by atoms with Crippen LogP contribution >= 0.6 is 0 Å². The third-order valence-corrected chi connectivity index (χ3v) is 13.0. The molecule has 0 aromatic carbocycles. The molecule has 4 saturated heterocycles. The zero-order valence-corrected chi connectivity index (χ0v) is 40.7. The zero-order chi connectivity index (χ0) is 54.8. The topological polar surface area (TPSA) is 493 Å². The lowest BCUT2D eigenvalue weighted by Gasteiger charge is -2.40. The summed E-state index contributed by atoms with van der Waals surface area (Å²) in [6.45, 7) is -6.04. The maximum absolute atomic E-state index is 14.6. The Morgan fingerprint density at radius 2 is 0.770 bits per heavy atom. The van der Waals surface area contributed by atoms with Gasteiger partial charge in [0.25, 0.3) is 0 Å². The average Bonchev–Trinajstić information content (AvgIpc) is 3.39. The summed E-state index contributed by atoms with van der Waals surface area (Å²) in [6, 6.07) is -1.50. The maximum atomic E-state index is 14.6. The summed E-state index contributed by atoms with van der Waals surface area (Å²) >= 11 is 0. The van der Waals surface area contributed by atoms with Gasteiger partial charge in [-0.25, -0.2) is 0 Å². The quantitative estimate of drug-likeness (QED) is 0.0297. The van der Waals surface area contributed by atoms with Crippen LogP contribution in [0.15, 0.2) is 0 Å². The van der Waals surface area contributed by atoms with Crippen LogP contribution in [-0.2, 0) is 52.3 Å². The van der Waals surface area contributed by atoms with E-state index in [1.807, 2.05) is 0 Å². The smallest absolute Gasteiger partial charge is 0.245 e. The van der Waals surface area contributed by atoms with Crippen LogP contribution in [0.3, 0.4) is 0 Å². The fraction of sp³-hybridized carbons (Fsp3) is 0.930. The van der Waals surface area contributed by atoms with E-state index in [1.54, 1.807) is 0 Å². The van der Waals surface area contributed by atoms with Crippen molar-refractivity contribution >= 4 is 17.7 Å². The van der Waals surface area contributed by atoms with Gasteiger partial charge in [0, 0.05) is 39.0 Å². The van der Waals surface area contributed by atoms with Crippen molar-refractivity contribution in [1.29, 1.82) is 0 Å². The molecule has 31 nitrogen and oxygen atoms in total. The Labute approximate surface area is 425 Å². The second kappa shape index (κ2) is 31.7. The van der Waals surface area contributed by atoms with Crippen molar-refractivity contribution in [2.45, 2.75) is 167 Å². The summed E-state index contributed by atoms with van der Waals surface area (Å²) in [6.07, 6.45) is -32.6. The highest BCUT2D eigenvalue weighted by molar-refractivity contribution is 5.88. The van der Waals surface area contributed by atoms with Gasteiger partial charge in [-0.3, -0.25) is 14.4 Å². The van der Waals surface area contributed by atoms with Crippen LogP contribution in [0, 0.1) is 0 Å². The average molecular weight is 1080 g/mol. The van der Waals surface area contributed by atoms with Crippen molar-refractivity contribution in [3.63, 3.8) is 0 Å². The molecule has 0 bridgehead atoms. The highest BCUT2D eigenvalue weighted by Gasteiger charge is 2.47. The first-order valence-electron chi connectivity index (χ1n) is 24.5. The van der Waals surface area contributed by atoms with Gasteiger partial charge in [0.15, 0.2) is 25.2 Å². The molecule has 0 aliphatic carbocycles. The zero-order valence-electron chi connectivity index (χ0n) is 40.7. The minimum atomic E-state index is -1.82. The van der Waals surface area contributed by atoms with Crippen LogP contribution < -0.4 is 11.1 Å². The van der Waals surface area contributed by atoms with E-state index in [-0.39, 0.29) is 19.5 Å². The molecule has 74 heavy (non-hydrogen) atoms. The molecule has 4 aliphatic heterocycles. The molecule has 19 N–H and O–H groups in total. The van der Waals surface area contributed by atoms with Crippen LogP contribution in [-0.4, -0.2) is 324 Å². The fourth-order valence-electron chi connectivity index (χ4n) is 8.41. The minimum absolute atomic E-state index is 0.0745. The fourth-order valence-corrected chi connectivity index (χ4v) is 8.41. The summed E-state index contributed by atoms with van der Waals surface area (Å²) < 4.78 is 44.1. The predicted molar refractivity (Wildman–Crippen MR) is 241 cm³/mol. The van der Waals surface area contributed by atoms with Gasteiger partial charge in [-0.1, -0.05) is 6.42 Å². The minimum Gasteiger partial charge on any atom is -0.394 e. The number of aliphatic hydroxyl groups is 16. The summed E-state index contributed by atoms with van der Waals surface area (Å²) in [7, 11) is 0. The molecule has 0 aromatic heterocycles. The highest BCUT2D eigenvalue weighted by Crippen LogP contribution is 2.26. The standard InChI is InChI=1S/C43H78N4O27/c44-7-3-1-2-4-25(52)45-20(39(66)47(10-14-69-42-37(64)33(60)29(56)23(18-50)73-42)11-15-70-43-38(65)34(61)30(57)24(19-51)74-43)5-6-26(53)46(8-12-67-40-35(62)31(58)27(54)21(16-48)71-40)9-13-68-41-36(63)32(59)28(55)22(17-49)72-41/h20-24,27-38,40-43,48-51,54-65H,1-19,44H2,(H,45,52)/t20-,21+,22+,23+,24+,27+,28+,29+,30+,31-,32-,33-,34-,35-,36-,37-,38-,40-,41-,42-,43-/m0/s1. The number of amides is 3. The van der Waals surface area contributed by atoms with E-state index in [4.69, 9.17) is 43.6 Å². The van der Waals surface area contributed by atoms with Crippen molar-refractivity contribution in [3.05, 3.63) is 0 Å². The number of nitrogens with two attached hydrogens (primary N) is 1. The molecule has 0 aromatic rings. The summed E-state index contributed by atoms with van der Waals surface area (Å²) in [5, 5.41) is 165. The number of hydrogen-bond donors (Lipinski definition) is 18. The number of nitrogens with zero attached hydrogens (tertiary/aromatic N) is 2. The van der Waals surface area contributed by atoms with E-state index in [2.05, 4.69) is 5.32 Å². The molecule has 432 valence electrons. The van der Waals surface area contributed by atoms with Crippen LogP contribution in [0.2, 0.25) is 0 Å². The second-order valence-corrected chi connectivity index (χ2v) is 18.2. The van der Waals surface area contributed by atoms with Crippen LogP contribution in [0.5, 0.6) is 0 Å². The third kappa shape index (κ3) is 17.5. The summed E-state index contributed by atoms with van der Waals surface area (Å²) in [4.78, 5) is 44.4. The van der Waals surface area contributed by atoms with Gasteiger partial charge in [0.2, 0.25) is 17.7 Å². The third-order valence-electron chi connectivity index (χ3n) is 13.0. The Hall–Kier alpha value is -2.59. The van der Waals surface area contributed by atoms with E-state index in [1.165, 1.54) is 0 Å². The number of aliphatic hydroxyl groups excluding tert-OH is 16. The number of unbranched alkanes of at least 4 members (excludes halogenated alkanes) is 2. The normalized spacial score (nSPS) is 37.0. The largest absolute Gasteiger partial charge is 0.394 e. The lowest BCUT2D eigenvalue weighted by molar-refractivity contribution is -0.303. The molecule has 0 saturated carbocycles. The van der Waals surface area contributed by atoms with E-state index >= 15 is 0 Å². The first kappa shape index (κ1) is 63.9. The van der Waals surface area contributed by atoms with Crippen molar-refractivity contribution < 1.29 is 134 Å². The number of carbonyl (C=O) groups is 3. The van der Waals surface area contributed by atoms with E-state index < -0.39 is 225 Å². The van der Waals surface area contributed by atoms with Gasteiger partial charge in [-0.05, 0) is 25.8 Å². The number of carbonyl (C=O) groups excluding carboxylic acids is 3. The molecule has 3 amide bonds. The Morgan fingerprint density at radius 3 is 1.08 bits per heavy atom. The van der Waals surface area contributed by atoms with E-state index in [9.17, 15) is 96.1 Å². The summed E-state index contributed by atoms with van der Waals surface area (Å²) in [5.41, 5.74) is 5.60. The Balaban J connectivity index is 1.56. The summed E-state index contributed by atoms with van der Waals surface area (Å²) in [5.74, 6) is -2.19. The van der Waals surface area contributed by atoms with Crippen molar-refractivity contribution in [2.24, 2.45) is 5.73 Å². The second-order valence-electron chi connectivity index (χ2n) is 18.2. The van der Waals surface area contributed by atoms with E-state index in [0.717, 1.165) is 9.80 Å². The number of ether oxygens (including phenoxy) is 8. The van der Waals surface area contributed by atoms with Gasteiger partial charge in [0.1, 0.15) is 104 Å². The van der Waals surface area contributed by atoms with Crippen molar-refractivity contribution in [2.75, 3.05) is 85.6 Å². The molecular formula is C43H78N4O27. The number of rotatable bonds is 30. The van der Waals surface area contributed by atoms with E-state index in [0.29, 0.717) is 25.8 Å². The molecule has 4 fully saturated rings. The molecule has 21 atom stereocenters. The molecule has 0 spiro atoms. The maximum Gasteiger partial charge on any atom is 0.245 e. The van der Waals surface area contributed by atoms with Crippen LogP contribution in [0.25, 0.3) is 0 Å². The Morgan fingerprint density at radius 1 is 0.446 bits per heavy atom. The Bertz CT molecular complexity index is 1560. The first-order valence-corrected chi connectivity index (χ1v) is 24.5. The van der Waals surface area contributed by atoms with Gasteiger partial charge in [0.05, 0.1) is 52.9 Å². The lowest BCUT2D eigenvalue weighted by Crippen LogP contribution is -2.59. The lowest BCUT2D eigenvalue weighted by atomic mass is 9.99. The monoisotopic (exact) mass is 1080 g/mol. The van der Waals surface area contributed by atoms with Gasteiger partial charge < -0.3 is 140 Å². The molecule has 4 aliphatic rings. The SMILES string of the molecule is NCCCCCC(=O)N[C@@H](CCC(=O)N(CCO[C@H]1O[C@H](CO)[C@@H](O)[C@H](O)[C@@H]1O)CCO[C@H]1O[C@H](CO)[C@@H](O)[C@H](O)[C@@H]1O)C(=O)N(CCO[C@H]1O[C@H](CO)[C@@H](O)[C@H](O)[C@@H]1O)CCO[C@H]1O[C@H](CO)[C@@H](O)[C@H](O)[C@@H]1O. The number of hydrogen-bond acceptors (Lipinski definition) is 28. The predicted octanol–water partition coefficient (Wildman–Crippen LogP) is -11.3.